The van der Waals surface area contributed by atoms with Gasteiger partial charge in [-0.15, -0.1) is 0 Å². The van der Waals surface area contributed by atoms with E-state index >= 15 is 0 Å². The lowest BCUT2D eigenvalue weighted by atomic mass is 9.88. The molecule has 1 fully saturated rings. The van der Waals surface area contributed by atoms with E-state index in [4.69, 9.17) is 22.1 Å². The normalized spacial score (nSPS) is 25.0. The molecule has 0 radical (unpaired) electrons. The topological polar surface area (TPSA) is 126 Å². The maximum absolute atomic E-state index is 12.1. The molecule has 2 bridgehead atoms. The molecule has 0 saturated heterocycles. The van der Waals surface area contributed by atoms with Crippen molar-refractivity contribution in [2.45, 2.75) is 44.8 Å². The van der Waals surface area contributed by atoms with Crippen LogP contribution in [0.4, 0.5) is 17.5 Å². The second-order valence-corrected chi connectivity index (χ2v) is 11.4. The van der Waals surface area contributed by atoms with Crippen molar-refractivity contribution in [2.24, 2.45) is 23.5 Å². The van der Waals surface area contributed by atoms with Gasteiger partial charge in [0.1, 0.15) is 10.8 Å². The Morgan fingerprint density at radius 1 is 1.24 bits per heavy atom. The van der Waals surface area contributed by atoms with Gasteiger partial charge in [-0.3, -0.25) is 9.69 Å². The second-order valence-electron chi connectivity index (χ2n) is 11.0. The fraction of sp³-hybridized carbons (Fsp3) is 0.519. The molecule has 5 N–H and O–H groups in total. The first-order valence-corrected chi connectivity index (χ1v) is 13.2. The zero-order chi connectivity index (χ0) is 26.3. The summed E-state index contributed by atoms with van der Waals surface area (Å²) < 4.78 is 5.70. The fourth-order valence-corrected chi connectivity index (χ4v) is 6.13. The molecule has 2 heterocycles. The molecule has 4 unspecified atom stereocenters. The van der Waals surface area contributed by atoms with E-state index in [2.05, 4.69) is 49.8 Å². The quantitative estimate of drug-likeness (QED) is 0.386. The number of primary amides is 1. The molecule has 1 saturated carbocycles. The molecule has 10 heteroatoms. The molecule has 1 aliphatic heterocycles. The lowest BCUT2D eigenvalue weighted by Crippen LogP contribution is -2.41. The van der Waals surface area contributed by atoms with E-state index in [1.54, 1.807) is 13.3 Å². The number of carbonyl (C=O) groups is 1. The summed E-state index contributed by atoms with van der Waals surface area (Å²) in [5, 5.41) is 17.3. The summed E-state index contributed by atoms with van der Waals surface area (Å²) in [4.78, 5) is 23.4. The van der Waals surface area contributed by atoms with E-state index in [1.165, 1.54) is 11.1 Å². The van der Waals surface area contributed by atoms with Gasteiger partial charge in [-0.2, -0.15) is 4.98 Å². The zero-order valence-corrected chi connectivity index (χ0v) is 22.3. The number of aliphatic hydroxyl groups is 1. The Morgan fingerprint density at radius 3 is 2.62 bits per heavy atom. The average Bonchev–Trinajstić information content (AvgIpc) is 3.39. The smallest absolute Gasteiger partial charge is 0.229 e. The van der Waals surface area contributed by atoms with E-state index in [1.807, 2.05) is 13.8 Å². The summed E-state index contributed by atoms with van der Waals surface area (Å²) in [5.74, 6) is 1.30. The number of nitrogens with zero attached hydrogens (tertiary/aromatic N) is 3. The van der Waals surface area contributed by atoms with Gasteiger partial charge in [0.15, 0.2) is 5.82 Å². The Kier molecular flexibility index (Phi) is 7.04. The van der Waals surface area contributed by atoms with Crippen molar-refractivity contribution >= 4 is 35.0 Å². The molecular weight excluding hydrogens is 492 g/mol. The van der Waals surface area contributed by atoms with Gasteiger partial charge >= 0.3 is 0 Å². The van der Waals surface area contributed by atoms with Crippen LogP contribution in [0.2, 0.25) is 5.02 Å². The van der Waals surface area contributed by atoms with Gasteiger partial charge in [0.05, 0.1) is 30.5 Å². The van der Waals surface area contributed by atoms with Crippen LogP contribution in [0.15, 0.2) is 30.5 Å². The number of nitrogens with one attached hydrogen (secondary N) is 2. The van der Waals surface area contributed by atoms with Crippen LogP contribution in [0.1, 0.15) is 31.4 Å². The standard InChI is InChI=1S/C27H35ClN6O3/c1-27(2,36)14-34-8-6-15-11-20(21(37-3)12-16(15)7-9-34)31-26-30-13-19(28)25(33-26)32-23-18-5-4-17(10-18)22(23)24(29)35/h4-5,11-13,17-18,22-23,36H,6-10,14H2,1-3H3,(H2,29,35)(H2,30,31,32,33). The number of β-amino-alcohol motifs (C(OH)–C–C–N with tert-alkyl or cyclic N) is 1. The highest BCUT2D eigenvalue weighted by Gasteiger charge is 2.47. The average molecular weight is 527 g/mol. The summed E-state index contributed by atoms with van der Waals surface area (Å²) in [6.07, 6.45) is 8.42. The van der Waals surface area contributed by atoms with E-state index < -0.39 is 5.60 Å². The number of methoxy groups -OCH3 is 1. The van der Waals surface area contributed by atoms with Crippen LogP contribution in [0.25, 0.3) is 0 Å². The van der Waals surface area contributed by atoms with Crippen molar-refractivity contribution in [2.75, 3.05) is 37.4 Å². The molecule has 1 aromatic carbocycles. The van der Waals surface area contributed by atoms with E-state index in [0.29, 0.717) is 29.1 Å². The third kappa shape index (κ3) is 5.54. The van der Waals surface area contributed by atoms with Crippen LogP contribution in [0, 0.1) is 17.8 Å². The summed E-state index contributed by atoms with van der Waals surface area (Å²) in [5.41, 5.74) is 8.22. The molecule has 2 aliphatic carbocycles. The maximum Gasteiger partial charge on any atom is 0.229 e. The van der Waals surface area contributed by atoms with Gasteiger partial charge in [0.25, 0.3) is 0 Å². The number of halogens is 1. The number of benzene rings is 1. The van der Waals surface area contributed by atoms with Crippen LogP contribution in [0.3, 0.4) is 0 Å². The number of nitrogens with two attached hydrogens (primary N) is 1. The Hall–Kier alpha value is -2.88. The molecule has 2 aromatic rings. The van der Waals surface area contributed by atoms with E-state index in [-0.39, 0.29) is 29.7 Å². The first kappa shape index (κ1) is 25.8. The molecule has 4 atom stereocenters. The summed E-state index contributed by atoms with van der Waals surface area (Å²) >= 11 is 6.44. The monoisotopic (exact) mass is 526 g/mol. The first-order valence-electron chi connectivity index (χ1n) is 12.8. The van der Waals surface area contributed by atoms with Crippen molar-refractivity contribution < 1.29 is 14.6 Å². The number of fused-ring (bicyclic) bond motifs is 3. The van der Waals surface area contributed by atoms with Gasteiger partial charge in [0, 0.05) is 25.7 Å². The van der Waals surface area contributed by atoms with Gasteiger partial charge in [-0.05, 0) is 68.2 Å². The predicted molar refractivity (Wildman–Crippen MR) is 144 cm³/mol. The third-order valence-electron chi connectivity index (χ3n) is 7.61. The number of carbonyl (C=O) groups excluding carboxylic acids is 1. The van der Waals surface area contributed by atoms with E-state index in [9.17, 15) is 9.90 Å². The lowest BCUT2D eigenvalue weighted by molar-refractivity contribution is -0.122. The zero-order valence-electron chi connectivity index (χ0n) is 21.5. The van der Waals surface area contributed by atoms with Gasteiger partial charge in [-0.25, -0.2) is 4.98 Å². The SMILES string of the molecule is COc1cc2c(cc1Nc1ncc(Cl)c(NC3C4C=CC(C4)C3C(N)=O)n1)CCN(CC(C)(C)O)CC2. The number of rotatable bonds is 8. The van der Waals surface area contributed by atoms with Crippen molar-refractivity contribution in [1.82, 2.24) is 14.9 Å². The third-order valence-corrected chi connectivity index (χ3v) is 7.89. The Balaban J connectivity index is 1.35. The highest BCUT2D eigenvalue weighted by molar-refractivity contribution is 6.32. The minimum atomic E-state index is -0.732. The molecule has 9 nitrogen and oxygen atoms in total. The molecule has 0 spiro atoms. The van der Waals surface area contributed by atoms with Crippen LogP contribution in [0.5, 0.6) is 5.75 Å². The van der Waals surface area contributed by atoms with E-state index in [0.717, 1.165) is 38.0 Å². The highest BCUT2D eigenvalue weighted by atomic mass is 35.5. The Labute approximate surface area is 222 Å². The number of amides is 1. The molecule has 5 rings (SSSR count). The van der Waals surface area contributed by atoms with Crippen molar-refractivity contribution in [3.63, 3.8) is 0 Å². The van der Waals surface area contributed by atoms with Crippen molar-refractivity contribution in [1.29, 1.82) is 0 Å². The van der Waals surface area contributed by atoms with Crippen LogP contribution >= 0.6 is 11.6 Å². The lowest BCUT2D eigenvalue weighted by Gasteiger charge is -2.27. The summed E-state index contributed by atoms with van der Waals surface area (Å²) in [6, 6.07) is 4.01. The van der Waals surface area contributed by atoms with Crippen LogP contribution in [-0.4, -0.2) is 64.3 Å². The number of hydrogen-bond donors (Lipinski definition) is 4. The molecule has 37 heavy (non-hydrogen) atoms. The number of allylic oxidation sites excluding steroid dienone is 1. The van der Waals surface area contributed by atoms with Crippen molar-refractivity contribution in [3.8, 4) is 5.75 Å². The molecule has 198 valence electrons. The predicted octanol–water partition coefficient (Wildman–Crippen LogP) is 3.14. The minimum absolute atomic E-state index is 0.151. The maximum atomic E-state index is 12.1. The highest BCUT2D eigenvalue weighted by Crippen LogP contribution is 2.45. The number of aromatic nitrogens is 2. The second kappa shape index (κ2) is 10.1. The molecule has 1 amide bonds. The van der Waals surface area contributed by atoms with Crippen molar-refractivity contribution in [3.05, 3.63) is 46.6 Å². The van der Waals surface area contributed by atoms with Gasteiger partial charge in [-0.1, -0.05) is 23.8 Å². The Bertz CT molecular complexity index is 1210. The number of ether oxygens (including phenoxy) is 1. The summed E-state index contributed by atoms with van der Waals surface area (Å²) in [6.45, 7) is 6.06. The van der Waals surface area contributed by atoms with Gasteiger partial charge < -0.3 is 26.2 Å². The molecule has 1 aromatic heterocycles. The fourth-order valence-electron chi connectivity index (χ4n) is 5.99. The van der Waals surface area contributed by atoms with Crippen LogP contribution < -0.4 is 21.1 Å². The molecular formula is C27H35ClN6O3. The minimum Gasteiger partial charge on any atom is -0.495 e. The molecule has 3 aliphatic rings. The largest absolute Gasteiger partial charge is 0.495 e. The Morgan fingerprint density at radius 2 is 1.95 bits per heavy atom. The van der Waals surface area contributed by atoms with Crippen LogP contribution in [-0.2, 0) is 17.6 Å². The summed E-state index contributed by atoms with van der Waals surface area (Å²) in [7, 11) is 1.65. The van der Waals surface area contributed by atoms with Gasteiger partial charge in [0.2, 0.25) is 11.9 Å². The number of hydrogen-bond acceptors (Lipinski definition) is 8. The number of anilines is 3. The first-order chi connectivity index (χ1) is 17.6.